The number of halogens is 3. The molecular formula is C19H22F3N3O4S. The Bertz CT molecular complexity index is 983. The lowest BCUT2D eigenvalue weighted by Gasteiger charge is -2.18. The average molecular weight is 445 g/mol. The number of aryl methyl sites for hydroxylation is 1. The fourth-order valence-electron chi connectivity index (χ4n) is 2.15. The van der Waals surface area contributed by atoms with Gasteiger partial charge in [0.2, 0.25) is 0 Å². The summed E-state index contributed by atoms with van der Waals surface area (Å²) in [5.74, 6) is 0.0543. The summed E-state index contributed by atoms with van der Waals surface area (Å²) >= 11 is 0. The molecule has 0 aromatic heterocycles. The molecule has 1 amide bonds. The molecule has 0 atom stereocenters. The van der Waals surface area contributed by atoms with Crippen molar-refractivity contribution in [1.29, 1.82) is 0 Å². The third-order valence-electron chi connectivity index (χ3n) is 3.47. The number of hydrogen-bond donors (Lipinski definition) is 1. The monoisotopic (exact) mass is 445 g/mol. The lowest BCUT2D eigenvalue weighted by Crippen LogP contribution is -2.31. The zero-order valence-electron chi connectivity index (χ0n) is 16.7. The van der Waals surface area contributed by atoms with Crippen molar-refractivity contribution in [2.24, 2.45) is 5.10 Å². The zero-order chi connectivity index (χ0) is 23.1. The van der Waals surface area contributed by atoms with E-state index in [9.17, 15) is 26.4 Å². The van der Waals surface area contributed by atoms with Crippen molar-refractivity contribution >= 4 is 27.5 Å². The number of carbonyl (C=O) groups excluding carboxylic acids is 1. The molecule has 0 spiro atoms. The molecule has 7 nitrogen and oxygen atoms in total. The van der Waals surface area contributed by atoms with E-state index >= 15 is 0 Å². The Balaban J connectivity index is 3.35. The zero-order valence-corrected chi connectivity index (χ0v) is 17.5. The fourth-order valence-corrected chi connectivity index (χ4v) is 2.73. The first-order chi connectivity index (χ1) is 13.8. The topological polar surface area (TPSA) is 88.1 Å². The molecule has 1 rings (SSSR count). The normalized spacial score (nSPS) is 12.5. The van der Waals surface area contributed by atoms with Gasteiger partial charge in [-0.05, 0) is 39.0 Å². The minimum Gasteiger partial charge on any atom is -0.410 e. The predicted molar refractivity (Wildman–Crippen MR) is 109 cm³/mol. The number of benzene rings is 1. The smallest absolute Gasteiger partial charge is 0.410 e. The maximum Gasteiger partial charge on any atom is 0.516 e. The van der Waals surface area contributed by atoms with Crippen LogP contribution in [0.3, 0.4) is 0 Å². The number of alkyl halides is 3. The van der Waals surface area contributed by atoms with E-state index in [-0.39, 0.29) is 29.3 Å². The first-order valence-electron chi connectivity index (χ1n) is 8.49. The van der Waals surface area contributed by atoms with Crippen LogP contribution in [0.5, 0.6) is 0 Å². The molecule has 1 N–H and O–H groups in total. The van der Waals surface area contributed by atoms with Crippen molar-refractivity contribution in [3.63, 3.8) is 0 Å². The van der Waals surface area contributed by atoms with Gasteiger partial charge < -0.3 is 4.74 Å². The molecular weight excluding hydrogens is 423 g/mol. The molecule has 11 heteroatoms. The van der Waals surface area contributed by atoms with Crippen LogP contribution in [0, 0.1) is 6.92 Å². The van der Waals surface area contributed by atoms with Gasteiger partial charge in [-0.1, -0.05) is 30.4 Å². The van der Waals surface area contributed by atoms with Crippen LogP contribution in [0.4, 0.5) is 23.7 Å². The summed E-state index contributed by atoms with van der Waals surface area (Å²) in [6.07, 6.45) is 3.52. The average Bonchev–Trinajstić information content (AvgIpc) is 2.61. The molecule has 0 unspecified atom stereocenters. The first kappa shape index (κ1) is 25.0. The number of rotatable bonds is 8. The maximum atomic E-state index is 12.8. The van der Waals surface area contributed by atoms with Crippen LogP contribution in [0.2, 0.25) is 0 Å². The number of ether oxygens (including phenoxy) is 1. The Morgan fingerprint density at radius 3 is 2.53 bits per heavy atom. The van der Waals surface area contributed by atoms with Gasteiger partial charge in [-0.25, -0.2) is 4.79 Å². The summed E-state index contributed by atoms with van der Waals surface area (Å²) in [5.41, 5.74) is -5.09. The summed E-state index contributed by atoms with van der Waals surface area (Å²) < 4.78 is 67.8. The Morgan fingerprint density at radius 1 is 1.37 bits per heavy atom. The van der Waals surface area contributed by atoms with Crippen LogP contribution in [-0.4, -0.2) is 37.3 Å². The maximum absolute atomic E-state index is 12.8. The summed E-state index contributed by atoms with van der Waals surface area (Å²) in [4.78, 5) is 12.3. The molecule has 1 aromatic carbocycles. The molecule has 0 saturated heterocycles. The van der Waals surface area contributed by atoms with Gasteiger partial charge in [-0.2, -0.15) is 31.7 Å². The number of nitrogens with zero attached hydrogens (tertiary/aromatic N) is 2. The van der Waals surface area contributed by atoms with Gasteiger partial charge in [-0.3, -0.25) is 4.72 Å². The van der Waals surface area contributed by atoms with E-state index in [1.54, 1.807) is 19.9 Å². The van der Waals surface area contributed by atoms with Crippen LogP contribution >= 0.6 is 0 Å². The van der Waals surface area contributed by atoms with Gasteiger partial charge in [0.25, 0.3) is 0 Å². The number of carbonyl (C=O) groups is 1. The Kier molecular flexibility index (Phi) is 8.40. The van der Waals surface area contributed by atoms with E-state index in [0.717, 1.165) is 5.01 Å². The number of sulfonamides is 1. The molecule has 0 heterocycles. The van der Waals surface area contributed by atoms with Crippen molar-refractivity contribution in [3.05, 3.63) is 66.5 Å². The van der Waals surface area contributed by atoms with E-state index < -0.39 is 21.6 Å². The second-order valence-electron chi connectivity index (χ2n) is 5.99. The number of nitrogens with one attached hydrogen (secondary N) is 1. The van der Waals surface area contributed by atoms with Crippen LogP contribution < -0.4 is 4.72 Å². The number of anilines is 1. The summed E-state index contributed by atoms with van der Waals surface area (Å²) in [6.45, 7) is 11.7. The number of hydrogen-bond acceptors (Lipinski definition) is 5. The Morgan fingerprint density at radius 2 is 2.00 bits per heavy atom. The second kappa shape index (κ2) is 10.1. The highest BCUT2D eigenvalue weighted by Gasteiger charge is 2.46. The van der Waals surface area contributed by atoms with Crippen molar-refractivity contribution in [1.82, 2.24) is 5.01 Å². The first-order valence-corrected chi connectivity index (χ1v) is 9.97. The third kappa shape index (κ3) is 6.76. The Labute approximate surface area is 173 Å². The van der Waals surface area contributed by atoms with E-state index in [1.807, 2.05) is 0 Å². The lowest BCUT2D eigenvalue weighted by molar-refractivity contribution is -0.0429. The van der Waals surface area contributed by atoms with E-state index in [4.69, 9.17) is 4.74 Å². The summed E-state index contributed by atoms with van der Waals surface area (Å²) in [6, 6.07) is 4.04. The molecule has 0 aliphatic rings. The molecule has 0 radical (unpaired) electrons. The highest BCUT2D eigenvalue weighted by molar-refractivity contribution is 7.93. The third-order valence-corrected chi connectivity index (χ3v) is 4.57. The number of amides is 1. The lowest BCUT2D eigenvalue weighted by atomic mass is 10.1. The minimum absolute atomic E-state index is 0.0527. The molecule has 0 fully saturated rings. The van der Waals surface area contributed by atoms with Crippen molar-refractivity contribution < 1.29 is 31.1 Å². The summed E-state index contributed by atoms with van der Waals surface area (Å²) in [7, 11) is -5.64. The van der Waals surface area contributed by atoms with Gasteiger partial charge in [0.05, 0.1) is 17.9 Å². The van der Waals surface area contributed by atoms with Crippen molar-refractivity contribution in [2.75, 3.05) is 11.3 Å². The van der Waals surface area contributed by atoms with Crippen molar-refractivity contribution in [2.45, 2.75) is 26.3 Å². The molecule has 164 valence electrons. The summed E-state index contributed by atoms with van der Waals surface area (Å²) in [5, 5.41) is 4.94. The second-order valence-corrected chi connectivity index (χ2v) is 7.66. The molecule has 1 aromatic rings. The highest BCUT2D eigenvalue weighted by atomic mass is 32.2. The van der Waals surface area contributed by atoms with Crippen LogP contribution in [0.25, 0.3) is 0 Å². The molecule has 0 aliphatic heterocycles. The van der Waals surface area contributed by atoms with Crippen molar-refractivity contribution in [3.8, 4) is 0 Å². The highest BCUT2D eigenvalue weighted by Crippen LogP contribution is 2.28. The van der Waals surface area contributed by atoms with Gasteiger partial charge >= 0.3 is 21.6 Å². The molecule has 0 aliphatic carbocycles. The quantitative estimate of drug-likeness (QED) is 0.207. The van der Waals surface area contributed by atoms with Crippen LogP contribution in [0.15, 0.2) is 60.4 Å². The standard InChI is InChI=1S/C19H22F3N3O4S/c1-6-8-14(4)29-18(26)25(11-7-2)23-15(5)16-12-13(3)9-10-17(16)24-30(27,28)19(20,21)22/h6-10,12,24H,2,4,11H2,1,3,5H3/b8-6-,23-15+. The van der Waals surface area contributed by atoms with E-state index in [1.165, 1.54) is 42.0 Å². The van der Waals surface area contributed by atoms with Gasteiger partial charge in [0, 0.05) is 5.56 Å². The SMILES string of the molecule is C=CCN(/N=C(\C)c1cc(C)ccc1NS(=O)(=O)C(F)(F)F)C(=O)OC(=C)/C=C\C. The fraction of sp³-hybridized carbons (Fsp3) is 0.263. The molecule has 30 heavy (non-hydrogen) atoms. The van der Waals surface area contributed by atoms with Crippen LogP contribution in [-0.2, 0) is 14.8 Å². The minimum atomic E-state index is -5.64. The molecule has 0 saturated carbocycles. The van der Waals surface area contributed by atoms with E-state index in [2.05, 4.69) is 18.3 Å². The number of allylic oxidation sites excluding steroid dienone is 2. The largest absolute Gasteiger partial charge is 0.516 e. The van der Waals surface area contributed by atoms with Gasteiger partial charge in [0.1, 0.15) is 5.76 Å². The van der Waals surface area contributed by atoms with Gasteiger partial charge in [0.15, 0.2) is 0 Å². The van der Waals surface area contributed by atoms with E-state index in [0.29, 0.717) is 5.56 Å². The molecule has 0 bridgehead atoms. The van der Waals surface area contributed by atoms with Gasteiger partial charge in [-0.15, -0.1) is 6.58 Å². The number of hydrazone groups is 1. The Hall–Kier alpha value is -3.08. The predicted octanol–water partition coefficient (Wildman–Crippen LogP) is 4.69. The van der Waals surface area contributed by atoms with Crippen LogP contribution in [0.1, 0.15) is 25.0 Å².